The van der Waals surface area contributed by atoms with E-state index in [2.05, 4.69) is 17.4 Å². The lowest BCUT2D eigenvalue weighted by Gasteiger charge is -1.84. The normalized spacial score (nSPS) is 8.36. The number of benzene rings is 1. The molecule has 0 spiro atoms. The first kappa shape index (κ1) is 13.1. The summed E-state index contributed by atoms with van der Waals surface area (Å²) in [5, 5.41) is 1.28. The predicted octanol–water partition coefficient (Wildman–Crippen LogP) is 4.66. The fourth-order valence-electron chi connectivity index (χ4n) is 1.02. The van der Waals surface area contributed by atoms with Gasteiger partial charge in [0.25, 0.3) is 0 Å². The molecule has 0 bridgehead atoms. The van der Waals surface area contributed by atoms with E-state index in [0.717, 1.165) is 5.52 Å². The monoisotopic (exact) mass is 209 g/mol. The molecule has 0 N–H and O–H groups in total. The molecule has 78 valence electrons. The molecule has 2 heteroatoms. The first-order valence-corrected chi connectivity index (χ1v) is 5.96. The van der Waals surface area contributed by atoms with Crippen LogP contribution in [0.15, 0.2) is 24.3 Å². The summed E-state index contributed by atoms with van der Waals surface area (Å²) >= 11 is 1.57. The highest BCUT2D eigenvalue weighted by Crippen LogP contribution is 2.19. The summed E-state index contributed by atoms with van der Waals surface area (Å²) in [5.41, 5.74) is 1.12. The van der Waals surface area contributed by atoms with Crippen LogP contribution in [0.5, 0.6) is 0 Å². The fraction of sp³-hybridized carbons (Fsp3) is 0.417. The smallest absolute Gasteiger partial charge is 0.0843 e. The SMILES string of the molecule is CC.CC.Cc1snc2ccccc12. The molecular formula is C12H19NS. The molecule has 0 aliphatic heterocycles. The van der Waals surface area contributed by atoms with Gasteiger partial charge in [-0.2, -0.15) is 4.37 Å². The van der Waals surface area contributed by atoms with Gasteiger partial charge in [0, 0.05) is 10.3 Å². The Hall–Kier alpha value is -0.890. The largest absolute Gasteiger partial charge is 0.192 e. The Balaban J connectivity index is 0.000000379. The highest BCUT2D eigenvalue weighted by Gasteiger charge is 1.97. The molecule has 0 radical (unpaired) electrons. The fourth-order valence-corrected chi connectivity index (χ4v) is 1.68. The van der Waals surface area contributed by atoms with Crippen molar-refractivity contribution in [3.8, 4) is 0 Å². The van der Waals surface area contributed by atoms with Gasteiger partial charge in [0.05, 0.1) is 5.52 Å². The summed E-state index contributed by atoms with van der Waals surface area (Å²) < 4.78 is 4.26. The van der Waals surface area contributed by atoms with Crippen molar-refractivity contribution >= 4 is 22.4 Å². The Labute approximate surface area is 91.0 Å². The molecule has 0 saturated heterocycles. The van der Waals surface area contributed by atoms with Crippen LogP contribution in [0.4, 0.5) is 0 Å². The summed E-state index contributed by atoms with van der Waals surface area (Å²) in [5.74, 6) is 0. The van der Waals surface area contributed by atoms with Gasteiger partial charge >= 0.3 is 0 Å². The van der Waals surface area contributed by atoms with Crippen molar-refractivity contribution in [2.45, 2.75) is 34.6 Å². The quantitative estimate of drug-likeness (QED) is 0.615. The lowest BCUT2D eigenvalue weighted by atomic mass is 10.2. The van der Waals surface area contributed by atoms with E-state index in [1.807, 2.05) is 45.9 Å². The van der Waals surface area contributed by atoms with Gasteiger partial charge in [-0.1, -0.05) is 45.9 Å². The molecule has 0 saturated carbocycles. The minimum Gasteiger partial charge on any atom is -0.192 e. The van der Waals surface area contributed by atoms with E-state index in [-0.39, 0.29) is 0 Å². The van der Waals surface area contributed by atoms with Crippen LogP contribution >= 0.6 is 11.5 Å². The summed E-state index contributed by atoms with van der Waals surface area (Å²) in [6, 6.07) is 8.21. The lowest BCUT2D eigenvalue weighted by molar-refractivity contribution is 1.50. The Kier molecular flexibility index (Phi) is 7.03. The van der Waals surface area contributed by atoms with E-state index < -0.39 is 0 Å². The maximum Gasteiger partial charge on any atom is 0.0843 e. The molecule has 2 aromatic rings. The predicted molar refractivity (Wildman–Crippen MR) is 67.1 cm³/mol. The minimum atomic E-state index is 1.12. The molecule has 0 aliphatic rings. The van der Waals surface area contributed by atoms with Gasteiger partial charge in [-0.3, -0.25) is 0 Å². The minimum absolute atomic E-state index is 1.12. The third kappa shape index (κ3) is 3.11. The first-order valence-electron chi connectivity index (χ1n) is 5.19. The molecular weight excluding hydrogens is 190 g/mol. The number of hydrogen-bond acceptors (Lipinski definition) is 2. The third-order valence-corrected chi connectivity index (χ3v) is 2.35. The van der Waals surface area contributed by atoms with Gasteiger partial charge in [0.1, 0.15) is 0 Å². The molecule has 0 atom stereocenters. The molecule has 0 amide bonds. The maximum absolute atomic E-state index is 4.26. The molecule has 1 nitrogen and oxygen atoms in total. The van der Waals surface area contributed by atoms with Crippen LogP contribution < -0.4 is 0 Å². The molecule has 1 aromatic heterocycles. The summed E-state index contributed by atoms with van der Waals surface area (Å²) in [6.07, 6.45) is 0. The third-order valence-electron chi connectivity index (χ3n) is 1.56. The lowest BCUT2D eigenvalue weighted by Crippen LogP contribution is -1.64. The average Bonchev–Trinajstić information content (AvgIpc) is 2.67. The Morgan fingerprint density at radius 1 is 1.00 bits per heavy atom. The van der Waals surface area contributed by atoms with E-state index in [0.29, 0.717) is 0 Å². The Bertz CT molecular complexity index is 352. The van der Waals surface area contributed by atoms with Crippen LogP contribution in [0.25, 0.3) is 10.9 Å². The molecule has 0 unspecified atom stereocenters. The highest BCUT2D eigenvalue weighted by molar-refractivity contribution is 7.07. The number of hydrogen-bond donors (Lipinski definition) is 0. The highest BCUT2D eigenvalue weighted by atomic mass is 32.1. The van der Waals surface area contributed by atoms with Crippen molar-refractivity contribution in [2.24, 2.45) is 0 Å². The van der Waals surface area contributed by atoms with Crippen LogP contribution in [-0.4, -0.2) is 4.37 Å². The summed E-state index contributed by atoms with van der Waals surface area (Å²) in [7, 11) is 0. The Morgan fingerprint density at radius 3 is 2.14 bits per heavy atom. The van der Waals surface area contributed by atoms with Gasteiger partial charge in [-0.15, -0.1) is 0 Å². The van der Waals surface area contributed by atoms with Gasteiger partial charge < -0.3 is 0 Å². The summed E-state index contributed by atoms with van der Waals surface area (Å²) in [6.45, 7) is 10.1. The average molecular weight is 209 g/mol. The van der Waals surface area contributed by atoms with Crippen LogP contribution in [0.1, 0.15) is 32.6 Å². The number of aryl methyl sites for hydroxylation is 1. The van der Waals surface area contributed by atoms with Gasteiger partial charge in [0.2, 0.25) is 0 Å². The number of aromatic nitrogens is 1. The van der Waals surface area contributed by atoms with Crippen LogP contribution in [-0.2, 0) is 0 Å². The molecule has 2 rings (SSSR count). The molecule has 0 fully saturated rings. The van der Waals surface area contributed by atoms with Crippen molar-refractivity contribution in [1.29, 1.82) is 0 Å². The zero-order valence-corrected chi connectivity index (χ0v) is 10.5. The maximum atomic E-state index is 4.26. The first-order chi connectivity index (χ1) is 6.88. The second-order valence-electron chi connectivity index (χ2n) is 2.26. The summed E-state index contributed by atoms with van der Waals surface area (Å²) in [4.78, 5) is 1.30. The van der Waals surface area contributed by atoms with E-state index >= 15 is 0 Å². The van der Waals surface area contributed by atoms with Crippen LogP contribution in [0.3, 0.4) is 0 Å². The van der Waals surface area contributed by atoms with E-state index in [9.17, 15) is 0 Å². The Morgan fingerprint density at radius 2 is 1.57 bits per heavy atom. The van der Waals surface area contributed by atoms with Crippen molar-refractivity contribution in [3.63, 3.8) is 0 Å². The molecule has 0 aliphatic carbocycles. The van der Waals surface area contributed by atoms with Gasteiger partial charge in [-0.25, -0.2) is 0 Å². The van der Waals surface area contributed by atoms with Crippen molar-refractivity contribution < 1.29 is 0 Å². The molecule has 14 heavy (non-hydrogen) atoms. The number of nitrogens with zero attached hydrogens (tertiary/aromatic N) is 1. The zero-order chi connectivity index (χ0) is 11.0. The topological polar surface area (TPSA) is 12.9 Å². The van der Waals surface area contributed by atoms with Gasteiger partial charge in [0.15, 0.2) is 0 Å². The van der Waals surface area contributed by atoms with Crippen molar-refractivity contribution in [3.05, 3.63) is 29.1 Å². The number of fused-ring (bicyclic) bond motifs is 1. The van der Waals surface area contributed by atoms with E-state index in [1.54, 1.807) is 11.5 Å². The van der Waals surface area contributed by atoms with Crippen LogP contribution in [0.2, 0.25) is 0 Å². The zero-order valence-electron chi connectivity index (χ0n) is 9.66. The molecule has 1 aromatic carbocycles. The van der Waals surface area contributed by atoms with E-state index in [1.165, 1.54) is 10.3 Å². The van der Waals surface area contributed by atoms with Gasteiger partial charge in [-0.05, 0) is 24.5 Å². The number of rotatable bonds is 0. The standard InChI is InChI=1S/C8H7NS.2C2H6/c1-6-7-4-2-3-5-8(7)9-10-6;2*1-2/h2-5H,1H3;2*1-2H3. The molecule has 1 heterocycles. The van der Waals surface area contributed by atoms with Crippen LogP contribution in [0, 0.1) is 6.92 Å². The second-order valence-corrected chi connectivity index (χ2v) is 3.23. The second kappa shape index (κ2) is 7.51. The van der Waals surface area contributed by atoms with Crippen molar-refractivity contribution in [2.75, 3.05) is 0 Å². The van der Waals surface area contributed by atoms with E-state index in [4.69, 9.17) is 0 Å². The van der Waals surface area contributed by atoms with Crippen molar-refractivity contribution in [1.82, 2.24) is 4.37 Å².